The van der Waals surface area contributed by atoms with Crippen LogP contribution in [0, 0.1) is 6.92 Å². The molecule has 0 heterocycles. The summed E-state index contributed by atoms with van der Waals surface area (Å²) in [4.78, 5) is 0. The van der Waals surface area contributed by atoms with Gasteiger partial charge in [-0.25, -0.2) is 0 Å². The fourth-order valence-electron chi connectivity index (χ4n) is 1.67. The van der Waals surface area contributed by atoms with Crippen LogP contribution in [0.15, 0.2) is 24.3 Å². The molecule has 1 saturated carbocycles. The summed E-state index contributed by atoms with van der Waals surface area (Å²) in [6.45, 7) is 4.78. The molecule has 0 saturated heterocycles. The lowest BCUT2D eigenvalue weighted by molar-refractivity contribution is 0.138. The lowest BCUT2D eigenvalue weighted by atomic mass is 10.1. The summed E-state index contributed by atoms with van der Waals surface area (Å²) >= 11 is 0. The van der Waals surface area contributed by atoms with Gasteiger partial charge in [0.15, 0.2) is 0 Å². The summed E-state index contributed by atoms with van der Waals surface area (Å²) in [5.41, 5.74) is 2.68. The first-order chi connectivity index (χ1) is 7.84. The van der Waals surface area contributed by atoms with E-state index in [9.17, 15) is 0 Å². The maximum Gasteiger partial charge on any atom is 0.0591 e. The Balaban J connectivity index is 1.51. The molecule has 0 unspecified atom stereocenters. The van der Waals surface area contributed by atoms with E-state index in [0.717, 1.165) is 32.2 Å². The zero-order chi connectivity index (χ0) is 11.2. The minimum absolute atomic E-state index is 0.792. The van der Waals surface area contributed by atoms with E-state index in [4.69, 9.17) is 4.74 Å². The summed E-state index contributed by atoms with van der Waals surface area (Å²) in [7, 11) is 0. The van der Waals surface area contributed by atoms with E-state index in [-0.39, 0.29) is 0 Å². The summed E-state index contributed by atoms with van der Waals surface area (Å²) in [6.07, 6.45) is 3.72. The lowest BCUT2D eigenvalue weighted by Gasteiger charge is -2.05. The monoisotopic (exact) mass is 219 g/mol. The van der Waals surface area contributed by atoms with E-state index >= 15 is 0 Å². The summed E-state index contributed by atoms with van der Waals surface area (Å²) < 4.78 is 5.58. The highest BCUT2D eigenvalue weighted by Crippen LogP contribution is 2.17. The molecular weight excluding hydrogens is 198 g/mol. The zero-order valence-corrected chi connectivity index (χ0v) is 10.0. The lowest BCUT2D eigenvalue weighted by Crippen LogP contribution is -2.22. The van der Waals surface area contributed by atoms with E-state index in [1.54, 1.807) is 0 Å². The SMILES string of the molecule is Cc1ccc(CCOCCNC2CC2)cc1. The summed E-state index contributed by atoms with van der Waals surface area (Å²) in [5, 5.41) is 3.44. The molecule has 16 heavy (non-hydrogen) atoms. The maximum absolute atomic E-state index is 5.58. The Morgan fingerprint density at radius 2 is 1.94 bits per heavy atom. The molecule has 0 aromatic heterocycles. The van der Waals surface area contributed by atoms with E-state index in [0.29, 0.717) is 0 Å². The number of aryl methyl sites for hydroxylation is 1. The van der Waals surface area contributed by atoms with Crippen molar-refractivity contribution in [2.45, 2.75) is 32.2 Å². The Labute approximate surface area is 98.0 Å². The van der Waals surface area contributed by atoms with Crippen molar-refractivity contribution in [2.24, 2.45) is 0 Å². The van der Waals surface area contributed by atoms with Gasteiger partial charge in [-0.05, 0) is 31.7 Å². The molecule has 1 aromatic carbocycles. The van der Waals surface area contributed by atoms with Crippen molar-refractivity contribution < 1.29 is 4.74 Å². The van der Waals surface area contributed by atoms with Crippen molar-refractivity contribution in [3.8, 4) is 0 Å². The van der Waals surface area contributed by atoms with Gasteiger partial charge in [0.25, 0.3) is 0 Å². The molecular formula is C14H21NO. The van der Waals surface area contributed by atoms with Gasteiger partial charge in [-0.1, -0.05) is 29.8 Å². The molecule has 2 nitrogen and oxygen atoms in total. The van der Waals surface area contributed by atoms with E-state index < -0.39 is 0 Å². The molecule has 0 radical (unpaired) electrons. The highest BCUT2D eigenvalue weighted by Gasteiger charge is 2.19. The largest absolute Gasteiger partial charge is 0.380 e. The van der Waals surface area contributed by atoms with Gasteiger partial charge in [0, 0.05) is 12.6 Å². The van der Waals surface area contributed by atoms with Crippen LogP contribution >= 0.6 is 0 Å². The fraction of sp³-hybridized carbons (Fsp3) is 0.571. The minimum Gasteiger partial charge on any atom is -0.380 e. The molecule has 0 spiro atoms. The Kier molecular flexibility index (Phi) is 4.37. The van der Waals surface area contributed by atoms with Gasteiger partial charge in [0.1, 0.15) is 0 Å². The number of ether oxygens (including phenoxy) is 1. The van der Waals surface area contributed by atoms with Crippen molar-refractivity contribution in [3.05, 3.63) is 35.4 Å². The maximum atomic E-state index is 5.58. The van der Waals surface area contributed by atoms with Crippen LogP contribution in [0.3, 0.4) is 0 Å². The van der Waals surface area contributed by atoms with Crippen molar-refractivity contribution in [2.75, 3.05) is 19.8 Å². The molecule has 1 aliphatic carbocycles. The Bertz CT molecular complexity index is 303. The van der Waals surface area contributed by atoms with Crippen molar-refractivity contribution >= 4 is 0 Å². The number of hydrogen-bond acceptors (Lipinski definition) is 2. The van der Waals surface area contributed by atoms with Gasteiger partial charge in [-0.3, -0.25) is 0 Å². The molecule has 1 fully saturated rings. The quantitative estimate of drug-likeness (QED) is 0.711. The van der Waals surface area contributed by atoms with Gasteiger partial charge in [0.05, 0.1) is 13.2 Å². The van der Waals surface area contributed by atoms with Crippen molar-refractivity contribution in [1.29, 1.82) is 0 Å². The van der Waals surface area contributed by atoms with Crippen LogP contribution in [-0.4, -0.2) is 25.8 Å². The molecule has 1 aromatic rings. The first-order valence-electron chi connectivity index (χ1n) is 6.21. The van der Waals surface area contributed by atoms with Crippen LogP contribution in [0.5, 0.6) is 0 Å². The fourth-order valence-corrected chi connectivity index (χ4v) is 1.67. The summed E-state index contributed by atoms with van der Waals surface area (Å²) in [5.74, 6) is 0. The van der Waals surface area contributed by atoms with E-state index in [1.165, 1.54) is 24.0 Å². The standard InChI is InChI=1S/C14H21NO/c1-12-2-4-13(5-3-12)8-10-16-11-9-15-14-6-7-14/h2-5,14-15H,6-11H2,1H3. The third kappa shape index (κ3) is 4.33. The first-order valence-corrected chi connectivity index (χ1v) is 6.21. The van der Waals surface area contributed by atoms with Gasteiger partial charge in [0.2, 0.25) is 0 Å². The predicted octanol–water partition coefficient (Wildman–Crippen LogP) is 2.31. The Morgan fingerprint density at radius 3 is 2.62 bits per heavy atom. The Morgan fingerprint density at radius 1 is 1.19 bits per heavy atom. The van der Waals surface area contributed by atoms with Crippen LogP contribution in [0.25, 0.3) is 0 Å². The van der Waals surface area contributed by atoms with E-state index in [2.05, 4.69) is 36.5 Å². The molecule has 2 rings (SSSR count). The minimum atomic E-state index is 0.792. The smallest absolute Gasteiger partial charge is 0.0591 e. The average molecular weight is 219 g/mol. The topological polar surface area (TPSA) is 21.3 Å². The second-order valence-corrected chi connectivity index (χ2v) is 4.58. The van der Waals surface area contributed by atoms with Gasteiger partial charge in [-0.2, -0.15) is 0 Å². The number of rotatable bonds is 7. The molecule has 0 amide bonds. The Hall–Kier alpha value is -0.860. The van der Waals surface area contributed by atoms with Crippen LogP contribution in [0.2, 0.25) is 0 Å². The molecule has 88 valence electrons. The van der Waals surface area contributed by atoms with Gasteiger partial charge < -0.3 is 10.1 Å². The number of benzene rings is 1. The predicted molar refractivity (Wildman–Crippen MR) is 66.7 cm³/mol. The molecule has 1 N–H and O–H groups in total. The van der Waals surface area contributed by atoms with Crippen LogP contribution < -0.4 is 5.32 Å². The molecule has 1 aliphatic rings. The van der Waals surface area contributed by atoms with Crippen LogP contribution in [0.4, 0.5) is 0 Å². The second kappa shape index (κ2) is 6.02. The van der Waals surface area contributed by atoms with E-state index in [1.807, 2.05) is 0 Å². The van der Waals surface area contributed by atoms with Gasteiger partial charge in [-0.15, -0.1) is 0 Å². The third-order valence-corrected chi connectivity index (χ3v) is 2.91. The zero-order valence-electron chi connectivity index (χ0n) is 10.0. The third-order valence-electron chi connectivity index (χ3n) is 2.91. The number of hydrogen-bond donors (Lipinski definition) is 1. The molecule has 0 bridgehead atoms. The normalized spacial score (nSPS) is 15.3. The highest BCUT2D eigenvalue weighted by atomic mass is 16.5. The first kappa shape index (κ1) is 11.6. The summed E-state index contributed by atoms with van der Waals surface area (Å²) in [6, 6.07) is 9.47. The molecule has 0 atom stereocenters. The van der Waals surface area contributed by atoms with Crippen LogP contribution in [0.1, 0.15) is 24.0 Å². The highest BCUT2D eigenvalue weighted by molar-refractivity contribution is 5.21. The molecule has 0 aliphatic heterocycles. The van der Waals surface area contributed by atoms with Crippen molar-refractivity contribution in [1.82, 2.24) is 5.32 Å². The number of nitrogens with one attached hydrogen (secondary N) is 1. The van der Waals surface area contributed by atoms with Gasteiger partial charge >= 0.3 is 0 Å². The molecule has 2 heteroatoms. The van der Waals surface area contributed by atoms with Crippen LogP contribution in [-0.2, 0) is 11.2 Å². The second-order valence-electron chi connectivity index (χ2n) is 4.58. The van der Waals surface area contributed by atoms with Crippen molar-refractivity contribution in [3.63, 3.8) is 0 Å². The average Bonchev–Trinajstić information content (AvgIpc) is 3.10.